The summed E-state index contributed by atoms with van der Waals surface area (Å²) in [5.41, 5.74) is 0. The maximum absolute atomic E-state index is 9.28. The van der Waals surface area contributed by atoms with Crippen molar-refractivity contribution in [2.24, 2.45) is 0 Å². The van der Waals surface area contributed by atoms with Gasteiger partial charge in [0.2, 0.25) is 0 Å². The molecule has 0 aromatic heterocycles. The van der Waals surface area contributed by atoms with Crippen LogP contribution in [0.1, 0.15) is 0 Å². The summed E-state index contributed by atoms with van der Waals surface area (Å²) in [4.78, 5) is 0. The first-order chi connectivity index (χ1) is 6.11. The van der Waals surface area contributed by atoms with Crippen molar-refractivity contribution in [1.82, 2.24) is 0 Å². The predicted octanol–water partition coefficient (Wildman–Crippen LogP) is -2.57. The lowest BCUT2D eigenvalue weighted by Gasteiger charge is -2.38. The molecule has 5 atom stereocenters. The molecule has 0 bridgehead atoms. The molecule has 78 valence electrons. The van der Waals surface area contributed by atoms with E-state index >= 15 is 0 Å². The van der Waals surface area contributed by atoms with Gasteiger partial charge in [0.25, 0.3) is 0 Å². The first-order valence-electron chi connectivity index (χ1n) is 3.95. The molecule has 1 heterocycles. The number of rotatable bonds is 2. The third kappa shape index (κ3) is 1.98. The van der Waals surface area contributed by atoms with E-state index in [9.17, 15) is 15.3 Å². The van der Waals surface area contributed by atoms with Gasteiger partial charge in [0.05, 0.1) is 6.61 Å². The van der Waals surface area contributed by atoms with Gasteiger partial charge in [-0.3, -0.25) is 0 Å². The predicted molar refractivity (Wildman–Crippen MR) is 40.8 cm³/mol. The molecule has 1 fully saturated rings. The van der Waals surface area contributed by atoms with Crippen molar-refractivity contribution in [3.05, 3.63) is 0 Å². The molecule has 0 aliphatic carbocycles. The van der Waals surface area contributed by atoms with Gasteiger partial charge in [0.1, 0.15) is 24.4 Å². The van der Waals surface area contributed by atoms with Crippen molar-refractivity contribution in [3.63, 3.8) is 0 Å². The second kappa shape index (κ2) is 4.32. The minimum absolute atomic E-state index is 0.440. The minimum Gasteiger partial charge on any atom is -0.394 e. The number of hydrogen-bond acceptors (Lipinski definition) is 6. The Morgan fingerprint density at radius 2 is 1.77 bits per heavy atom. The number of hydrogen-bond donors (Lipinski definition) is 4. The first-order valence-corrected chi connectivity index (χ1v) is 3.95. The van der Waals surface area contributed by atoms with Gasteiger partial charge in [0.15, 0.2) is 6.29 Å². The molecule has 1 saturated heterocycles. The van der Waals surface area contributed by atoms with Crippen molar-refractivity contribution in [3.8, 4) is 0 Å². The fourth-order valence-electron chi connectivity index (χ4n) is 1.26. The molecule has 0 saturated carbocycles. The molecule has 1 rings (SSSR count). The van der Waals surface area contributed by atoms with Crippen LogP contribution >= 0.6 is 0 Å². The molecule has 0 spiro atoms. The van der Waals surface area contributed by atoms with Crippen molar-refractivity contribution in [2.45, 2.75) is 30.7 Å². The first kappa shape index (κ1) is 10.8. The lowest BCUT2D eigenvalue weighted by Crippen LogP contribution is -2.58. The van der Waals surface area contributed by atoms with Crippen molar-refractivity contribution in [1.29, 1.82) is 0 Å². The van der Waals surface area contributed by atoms with Crippen LogP contribution in [0.4, 0.5) is 0 Å². The maximum Gasteiger partial charge on any atom is 0.186 e. The molecule has 0 radical (unpaired) electrons. The lowest BCUT2D eigenvalue weighted by atomic mass is 9.99. The van der Waals surface area contributed by atoms with Crippen LogP contribution < -0.4 is 0 Å². The minimum atomic E-state index is -1.36. The summed E-state index contributed by atoms with van der Waals surface area (Å²) in [5.74, 6) is 0. The molecule has 1 aliphatic rings. The molecule has 0 aromatic carbocycles. The standard InChI is InChI=1S/C7H14O6/c1-12-7-6(11)5(10)4(9)3(2-8)13-7/h3-11H,2H2,1H3/t3?,4-,5?,6?,7+/m1/s1. The molecule has 0 aromatic rings. The SMILES string of the molecule is CO[C@H]1OC(CO)[C@@H](O)C(O)C1O. The van der Waals surface area contributed by atoms with Crippen LogP contribution in [-0.2, 0) is 9.47 Å². The van der Waals surface area contributed by atoms with Crippen molar-refractivity contribution < 1.29 is 29.9 Å². The van der Waals surface area contributed by atoms with Crippen molar-refractivity contribution in [2.75, 3.05) is 13.7 Å². The van der Waals surface area contributed by atoms with E-state index in [1.807, 2.05) is 0 Å². The number of ether oxygens (including phenoxy) is 2. The van der Waals surface area contributed by atoms with E-state index in [0.29, 0.717) is 0 Å². The Labute approximate surface area is 75.3 Å². The topological polar surface area (TPSA) is 99.4 Å². The molecule has 1 aliphatic heterocycles. The Bertz CT molecular complexity index is 143. The molecule has 3 unspecified atom stereocenters. The van der Waals surface area contributed by atoms with Gasteiger partial charge < -0.3 is 29.9 Å². The molecule has 0 amide bonds. The number of aliphatic hydroxyl groups excluding tert-OH is 4. The van der Waals surface area contributed by atoms with E-state index in [1.54, 1.807) is 0 Å². The monoisotopic (exact) mass is 194 g/mol. The zero-order chi connectivity index (χ0) is 10.0. The molecule has 6 nitrogen and oxygen atoms in total. The van der Waals surface area contributed by atoms with Gasteiger partial charge in [0, 0.05) is 7.11 Å². The number of methoxy groups -OCH3 is 1. The Hall–Kier alpha value is -0.240. The fourth-order valence-corrected chi connectivity index (χ4v) is 1.26. The van der Waals surface area contributed by atoms with Crippen LogP contribution in [0.25, 0.3) is 0 Å². The summed E-state index contributed by atoms with van der Waals surface area (Å²) in [7, 11) is 1.30. The van der Waals surface area contributed by atoms with E-state index in [0.717, 1.165) is 0 Å². The average Bonchev–Trinajstić information content (AvgIpc) is 2.15. The molecule has 4 N–H and O–H groups in total. The van der Waals surface area contributed by atoms with Gasteiger partial charge in [-0.25, -0.2) is 0 Å². The van der Waals surface area contributed by atoms with Gasteiger partial charge in [-0.1, -0.05) is 0 Å². The van der Waals surface area contributed by atoms with Crippen LogP contribution in [0.5, 0.6) is 0 Å². The van der Waals surface area contributed by atoms with Crippen LogP contribution in [0.2, 0.25) is 0 Å². The summed E-state index contributed by atoms with van der Waals surface area (Å²) in [6.07, 6.45) is -5.91. The fraction of sp³-hybridized carbons (Fsp3) is 1.00. The summed E-state index contributed by atoms with van der Waals surface area (Å²) < 4.78 is 9.65. The molecule has 6 heteroatoms. The highest BCUT2D eigenvalue weighted by Crippen LogP contribution is 2.20. The van der Waals surface area contributed by atoms with E-state index in [4.69, 9.17) is 14.6 Å². The Kier molecular flexibility index (Phi) is 3.60. The smallest absolute Gasteiger partial charge is 0.186 e. The largest absolute Gasteiger partial charge is 0.394 e. The van der Waals surface area contributed by atoms with Crippen LogP contribution in [0.3, 0.4) is 0 Å². The third-order valence-corrected chi connectivity index (χ3v) is 2.08. The van der Waals surface area contributed by atoms with E-state index in [1.165, 1.54) is 7.11 Å². The molecule has 13 heavy (non-hydrogen) atoms. The number of aliphatic hydroxyl groups is 4. The highest BCUT2D eigenvalue weighted by atomic mass is 16.7. The quantitative estimate of drug-likeness (QED) is 0.386. The summed E-state index contributed by atoms with van der Waals surface area (Å²) >= 11 is 0. The zero-order valence-corrected chi connectivity index (χ0v) is 7.20. The zero-order valence-electron chi connectivity index (χ0n) is 7.20. The van der Waals surface area contributed by atoms with Crippen molar-refractivity contribution >= 4 is 0 Å². The highest BCUT2D eigenvalue weighted by molar-refractivity contribution is 4.88. The van der Waals surface area contributed by atoms with Crippen LogP contribution in [0.15, 0.2) is 0 Å². The third-order valence-electron chi connectivity index (χ3n) is 2.08. The summed E-state index contributed by atoms with van der Waals surface area (Å²) in [5, 5.41) is 36.6. The average molecular weight is 194 g/mol. The van der Waals surface area contributed by atoms with Gasteiger partial charge in [-0.15, -0.1) is 0 Å². The second-order valence-corrected chi connectivity index (χ2v) is 2.93. The van der Waals surface area contributed by atoms with Gasteiger partial charge >= 0.3 is 0 Å². The Balaban J connectivity index is 2.66. The normalized spacial score (nSPS) is 46.4. The van der Waals surface area contributed by atoms with Crippen LogP contribution in [0, 0.1) is 0 Å². The maximum atomic E-state index is 9.28. The summed E-state index contributed by atoms with van der Waals surface area (Å²) in [6, 6.07) is 0. The Morgan fingerprint density at radius 3 is 2.23 bits per heavy atom. The highest BCUT2D eigenvalue weighted by Gasteiger charge is 2.43. The Morgan fingerprint density at radius 1 is 1.15 bits per heavy atom. The van der Waals surface area contributed by atoms with E-state index in [2.05, 4.69) is 0 Å². The second-order valence-electron chi connectivity index (χ2n) is 2.93. The van der Waals surface area contributed by atoms with Gasteiger partial charge in [-0.2, -0.15) is 0 Å². The van der Waals surface area contributed by atoms with Gasteiger partial charge in [-0.05, 0) is 0 Å². The van der Waals surface area contributed by atoms with E-state index in [-0.39, 0.29) is 0 Å². The van der Waals surface area contributed by atoms with Crippen LogP contribution in [-0.4, -0.2) is 64.8 Å². The summed E-state index contributed by atoms with van der Waals surface area (Å²) in [6.45, 7) is -0.440. The lowest BCUT2D eigenvalue weighted by molar-refractivity contribution is -0.294. The molecular formula is C7H14O6. The molecular weight excluding hydrogens is 180 g/mol. The van der Waals surface area contributed by atoms with E-state index < -0.39 is 37.3 Å².